The molecule has 1 unspecified atom stereocenters. The fourth-order valence-electron chi connectivity index (χ4n) is 1.73. The summed E-state index contributed by atoms with van der Waals surface area (Å²) in [6.45, 7) is 1.98. The van der Waals surface area contributed by atoms with Crippen molar-refractivity contribution in [3.05, 3.63) is 47.3 Å². The van der Waals surface area contributed by atoms with Gasteiger partial charge in [0.05, 0.1) is 5.69 Å². The van der Waals surface area contributed by atoms with E-state index < -0.39 is 10.0 Å². The molecule has 0 aliphatic rings. The van der Waals surface area contributed by atoms with Gasteiger partial charge < -0.3 is 5.32 Å². The molecular formula is C13H16N2O2S2. The third-order valence-electron chi connectivity index (χ3n) is 2.86. The smallest absolute Gasteiger partial charge is 0.271 e. The lowest BCUT2D eigenvalue weighted by molar-refractivity contribution is 0.602. The highest BCUT2D eigenvalue weighted by Gasteiger charge is 2.18. The molecule has 1 atom stereocenters. The maximum absolute atomic E-state index is 12.2. The van der Waals surface area contributed by atoms with Crippen LogP contribution >= 0.6 is 11.3 Å². The number of nitrogens with one attached hydrogen (secondary N) is 2. The molecule has 0 aliphatic heterocycles. The van der Waals surface area contributed by atoms with E-state index in [1.54, 1.807) is 23.6 Å². The maximum atomic E-state index is 12.2. The van der Waals surface area contributed by atoms with Gasteiger partial charge in [0.1, 0.15) is 4.21 Å². The molecular weight excluding hydrogens is 280 g/mol. The lowest BCUT2D eigenvalue weighted by Crippen LogP contribution is -2.17. The summed E-state index contributed by atoms with van der Waals surface area (Å²) in [6.07, 6.45) is 0. The molecule has 0 radical (unpaired) electrons. The average Bonchev–Trinajstić information content (AvgIpc) is 2.93. The van der Waals surface area contributed by atoms with Crippen LogP contribution in [-0.2, 0) is 10.0 Å². The normalized spacial score (nSPS) is 13.2. The van der Waals surface area contributed by atoms with Crippen molar-refractivity contribution in [3.63, 3.8) is 0 Å². The number of anilines is 1. The molecule has 0 fully saturated rings. The van der Waals surface area contributed by atoms with E-state index in [4.69, 9.17) is 0 Å². The minimum Gasteiger partial charge on any atom is -0.313 e. The number of rotatable bonds is 5. The molecule has 2 rings (SSSR count). The molecule has 4 nitrogen and oxygen atoms in total. The van der Waals surface area contributed by atoms with Crippen LogP contribution in [0.2, 0.25) is 0 Å². The lowest BCUT2D eigenvalue weighted by Gasteiger charge is -2.16. The van der Waals surface area contributed by atoms with E-state index in [1.165, 1.54) is 11.3 Å². The molecule has 1 aromatic carbocycles. The average molecular weight is 296 g/mol. The van der Waals surface area contributed by atoms with Gasteiger partial charge in [0.25, 0.3) is 10.0 Å². The van der Waals surface area contributed by atoms with Crippen LogP contribution in [0.5, 0.6) is 0 Å². The van der Waals surface area contributed by atoms with Gasteiger partial charge in [-0.3, -0.25) is 4.72 Å². The first-order chi connectivity index (χ1) is 9.04. The van der Waals surface area contributed by atoms with Gasteiger partial charge in [-0.15, -0.1) is 11.3 Å². The molecule has 0 amide bonds. The molecule has 6 heteroatoms. The zero-order chi connectivity index (χ0) is 13.9. The van der Waals surface area contributed by atoms with Crippen LogP contribution in [0.25, 0.3) is 0 Å². The van der Waals surface area contributed by atoms with Crippen LogP contribution in [0.3, 0.4) is 0 Å². The van der Waals surface area contributed by atoms with Crippen LogP contribution in [0.4, 0.5) is 5.69 Å². The highest BCUT2D eigenvalue weighted by Crippen LogP contribution is 2.26. The van der Waals surface area contributed by atoms with E-state index in [1.807, 2.05) is 32.2 Å². The van der Waals surface area contributed by atoms with Gasteiger partial charge in [-0.05, 0) is 37.0 Å². The number of benzene rings is 1. The first kappa shape index (κ1) is 14.0. The van der Waals surface area contributed by atoms with Gasteiger partial charge in [0.2, 0.25) is 0 Å². The van der Waals surface area contributed by atoms with Gasteiger partial charge in [-0.1, -0.05) is 24.3 Å². The number of thiophene rings is 1. The molecule has 0 saturated carbocycles. The van der Waals surface area contributed by atoms with Gasteiger partial charge in [0, 0.05) is 6.04 Å². The molecule has 2 aromatic rings. The molecule has 0 aliphatic carbocycles. The summed E-state index contributed by atoms with van der Waals surface area (Å²) in [4.78, 5) is 0. The Morgan fingerprint density at radius 3 is 2.53 bits per heavy atom. The molecule has 1 heterocycles. The fourth-order valence-corrected chi connectivity index (χ4v) is 3.81. The van der Waals surface area contributed by atoms with Crippen molar-refractivity contribution in [2.75, 3.05) is 11.8 Å². The Morgan fingerprint density at radius 1 is 1.16 bits per heavy atom. The van der Waals surface area contributed by atoms with E-state index >= 15 is 0 Å². The van der Waals surface area contributed by atoms with Crippen molar-refractivity contribution in [1.29, 1.82) is 0 Å². The Bertz CT molecular complexity index is 636. The van der Waals surface area contributed by atoms with Gasteiger partial charge in [0.15, 0.2) is 0 Å². The first-order valence-electron chi connectivity index (χ1n) is 5.87. The Hall–Kier alpha value is -1.37. The Morgan fingerprint density at radius 2 is 1.89 bits per heavy atom. The van der Waals surface area contributed by atoms with E-state index in [9.17, 15) is 8.42 Å². The largest absolute Gasteiger partial charge is 0.313 e. The second-order valence-corrected chi connectivity index (χ2v) is 6.99. The van der Waals surface area contributed by atoms with Crippen molar-refractivity contribution in [3.8, 4) is 0 Å². The molecule has 0 spiro atoms. The van der Waals surface area contributed by atoms with E-state index in [0.717, 1.165) is 5.56 Å². The third-order valence-corrected chi connectivity index (χ3v) is 5.63. The minimum atomic E-state index is -3.49. The summed E-state index contributed by atoms with van der Waals surface area (Å²) in [7, 11) is -1.65. The number of hydrogen-bond acceptors (Lipinski definition) is 4. The Balaban J connectivity index is 2.34. The van der Waals surface area contributed by atoms with Crippen molar-refractivity contribution >= 4 is 27.0 Å². The first-order valence-corrected chi connectivity index (χ1v) is 8.23. The summed E-state index contributed by atoms with van der Waals surface area (Å²) in [5.74, 6) is 0. The number of sulfonamides is 1. The lowest BCUT2D eigenvalue weighted by atomic mass is 10.1. The predicted molar refractivity (Wildman–Crippen MR) is 79.0 cm³/mol. The van der Waals surface area contributed by atoms with Crippen molar-refractivity contribution < 1.29 is 8.42 Å². The predicted octanol–water partition coefficient (Wildman–Crippen LogP) is 2.83. The van der Waals surface area contributed by atoms with Crippen LogP contribution in [0.1, 0.15) is 18.5 Å². The van der Waals surface area contributed by atoms with Gasteiger partial charge >= 0.3 is 0 Å². The number of hydrogen-bond donors (Lipinski definition) is 2. The summed E-state index contributed by atoms with van der Waals surface area (Å²) in [6, 6.07) is 10.8. The van der Waals surface area contributed by atoms with E-state index in [0.29, 0.717) is 9.90 Å². The summed E-state index contributed by atoms with van der Waals surface area (Å²) in [5.41, 5.74) is 1.53. The van der Waals surface area contributed by atoms with Crippen LogP contribution in [0.15, 0.2) is 46.0 Å². The van der Waals surface area contributed by atoms with Crippen molar-refractivity contribution in [1.82, 2.24) is 5.32 Å². The monoisotopic (exact) mass is 296 g/mol. The van der Waals surface area contributed by atoms with Crippen LogP contribution in [-0.4, -0.2) is 15.5 Å². The van der Waals surface area contributed by atoms with Crippen molar-refractivity contribution in [2.45, 2.75) is 17.2 Å². The molecule has 2 N–H and O–H groups in total. The quantitative estimate of drug-likeness (QED) is 0.892. The van der Waals surface area contributed by atoms with Crippen LogP contribution < -0.4 is 10.0 Å². The van der Waals surface area contributed by atoms with Crippen LogP contribution in [0, 0.1) is 0 Å². The Kier molecular flexibility index (Phi) is 4.24. The van der Waals surface area contributed by atoms with E-state index in [-0.39, 0.29) is 6.04 Å². The maximum Gasteiger partial charge on any atom is 0.271 e. The third kappa shape index (κ3) is 3.15. The highest BCUT2D eigenvalue weighted by molar-refractivity contribution is 7.94. The topological polar surface area (TPSA) is 58.2 Å². The van der Waals surface area contributed by atoms with E-state index in [2.05, 4.69) is 10.0 Å². The fraction of sp³-hybridized carbons (Fsp3) is 0.231. The molecule has 1 aromatic heterocycles. The SMILES string of the molecule is CNC(C)c1ccccc1NS(=O)(=O)c1cccs1. The minimum absolute atomic E-state index is 0.0715. The molecule has 0 saturated heterocycles. The summed E-state index contributed by atoms with van der Waals surface area (Å²) in [5, 5.41) is 4.86. The molecule has 102 valence electrons. The molecule has 19 heavy (non-hydrogen) atoms. The molecule has 0 bridgehead atoms. The summed E-state index contributed by atoms with van der Waals surface area (Å²) >= 11 is 1.20. The zero-order valence-corrected chi connectivity index (χ0v) is 12.4. The zero-order valence-electron chi connectivity index (χ0n) is 10.8. The Labute approximate surface area is 117 Å². The van der Waals surface area contributed by atoms with Gasteiger partial charge in [-0.25, -0.2) is 8.42 Å². The standard InChI is InChI=1S/C13H16N2O2S2/c1-10(14-2)11-6-3-4-7-12(11)15-19(16,17)13-8-5-9-18-13/h3-10,14-15H,1-2H3. The van der Waals surface area contributed by atoms with Gasteiger partial charge in [-0.2, -0.15) is 0 Å². The van der Waals surface area contributed by atoms with Crippen molar-refractivity contribution in [2.24, 2.45) is 0 Å². The second-order valence-electron chi connectivity index (χ2n) is 4.14. The highest BCUT2D eigenvalue weighted by atomic mass is 32.2. The second kappa shape index (κ2) is 5.73. The number of para-hydroxylation sites is 1. The summed E-state index contributed by atoms with van der Waals surface area (Å²) < 4.78 is 27.4.